The van der Waals surface area contributed by atoms with E-state index in [1.54, 1.807) is 24.1 Å². The van der Waals surface area contributed by atoms with Crippen LogP contribution < -0.4 is 5.73 Å². The third-order valence-corrected chi connectivity index (χ3v) is 7.47. The number of hydrogen-bond acceptors (Lipinski definition) is 6. The monoisotopic (exact) mass is 520 g/mol. The summed E-state index contributed by atoms with van der Waals surface area (Å²) in [7, 11) is 1.63. The highest BCUT2D eigenvalue weighted by molar-refractivity contribution is 7.09. The number of aromatic nitrogens is 1. The highest BCUT2D eigenvalue weighted by Gasteiger charge is 2.38. The van der Waals surface area contributed by atoms with Crippen LogP contribution in [0.1, 0.15) is 57.1 Å². The fraction of sp³-hybridized carbons (Fsp3) is 0.345. The Bertz CT molecular complexity index is 1320. The summed E-state index contributed by atoms with van der Waals surface area (Å²) in [4.78, 5) is 24.0. The predicted octanol–water partition coefficient (Wildman–Crippen LogP) is 5.66. The number of carbonyl (C=O) groups is 1. The molecular formula is C29H33FN4O2S. The van der Waals surface area contributed by atoms with Crippen molar-refractivity contribution in [2.24, 2.45) is 10.7 Å². The maximum atomic E-state index is 14.5. The predicted molar refractivity (Wildman–Crippen MR) is 148 cm³/mol. The third-order valence-electron chi connectivity index (χ3n) is 6.40. The van der Waals surface area contributed by atoms with Crippen molar-refractivity contribution in [3.8, 4) is 0 Å². The van der Waals surface area contributed by atoms with Gasteiger partial charge < -0.3 is 15.4 Å². The quantitative estimate of drug-likeness (QED) is 0.248. The Hall–Kier alpha value is -3.36. The number of hydrogen-bond donors (Lipinski definition) is 1. The minimum atomic E-state index is -1.09. The molecular weight excluding hydrogens is 487 g/mol. The second-order valence-corrected chi connectivity index (χ2v) is 10.7. The molecule has 1 aliphatic heterocycles. The fourth-order valence-electron chi connectivity index (χ4n) is 4.69. The van der Waals surface area contributed by atoms with Crippen molar-refractivity contribution in [3.05, 3.63) is 93.4 Å². The zero-order valence-corrected chi connectivity index (χ0v) is 22.5. The molecule has 8 heteroatoms. The summed E-state index contributed by atoms with van der Waals surface area (Å²) in [5, 5.41) is 2.68. The van der Waals surface area contributed by atoms with Gasteiger partial charge in [0.25, 0.3) is 5.91 Å². The summed E-state index contributed by atoms with van der Waals surface area (Å²) in [5.74, 6) is 0.433. The molecule has 0 aliphatic carbocycles. The molecule has 1 saturated heterocycles. The summed E-state index contributed by atoms with van der Waals surface area (Å²) >= 11 is 1.46. The maximum Gasteiger partial charge on any atom is 0.254 e. The molecule has 1 unspecified atom stereocenters. The number of aliphatic imine (C=N–C) groups is 1. The van der Waals surface area contributed by atoms with E-state index in [1.807, 2.05) is 62.5 Å². The maximum absolute atomic E-state index is 14.5. The topological polar surface area (TPSA) is 80.8 Å². The Balaban J connectivity index is 1.54. The highest BCUT2D eigenvalue weighted by Crippen LogP contribution is 2.36. The first-order chi connectivity index (χ1) is 17.6. The van der Waals surface area contributed by atoms with Crippen LogP contribution in [0, 0.1) is 13.8 Å². The second-order valence-electron chi connectivity index (χ2n) is 9.85. The van der Waals surface area contributed by atoms with E-state index in [-0.39, 0.29) is 24.9 Å². The van der Waals surface area contributed by atoms with Gasteiger partial charge in [-0.1, -0.05) is 36.9 Å². The van der Waals surface area contributed by atoms with Gasteiger partial charge in [-0.3, -0.25) is 9.79 Å². The molecule has 3 aromatic rings. The van der Waals surface area contributed by atoms with Crippen LogP contribution in [0.15, 0.2) is 65.5 Å². The van der Waals surface area contributed by atoms with Crippen molar-refractivity contribution in [2.45, 2.75) is 51.4 Å². The number of nitrogens with two attached hydrogens (primary N) is 1. The van der Waals surface area contributed by atoms with Gasteiger partial charge >= 0.3 is 0 Å². The van der Waals surface area contributed by atoms with Gasteiger partial charge in [-0.05, 0) is 56.5 Å². The average Bonchev–Trinajstić information content (AvgIpc) is 3.46. The first-order valence-electron chi connectivity index (χ1n) is 12.2. The number of benzene rings is 2. The first kappa shape index (κ1) is 26.7. The first-order valence-corrected chi connectivity index (χ1v) is 13.1. The lowest BCUT2D eigenvalue weighted by molar-refractivity contribution is 0.0728. The summed E-state index contributed by atoms with van der Waals surface area (Å²) in [6.45, 7) is 9.80. The molecule has 2 heterocycles. The lowest BCUT2D eigenvalue weighted by Crippen LogP contribution is -2.48. The fourth-order valence-corrected chi connectivity index (χ4v) is 5.61. The van der Waals surface area contributed by atoms with E-state index in [1.165, 1.54) is 11.3 Å². The molecule has 1 fully saturated rings. The van der Waals surface area contributed by atoms with E-state index in [4.69, 9.17) is 10.5 Å². The van der Waals surface area contributed by atoms with Crippen LogP contribution >= 0.6 is 11.3 Å². The third kappa shape index (κ3) is 6.14. The van der Waals surface area contributed by atoms with Crippen molar-refractivity contribution in [1.29, 1.82) is 0 Å². The number of carbonyl (C=O) groups excluding carboxylic acids is 1. The van der Waals surface area contributed by atoms with Gasteiger partial charge in [0.05, 0.1) is 18.1 Å². The highest BCUT2D eigenvalue weighted by atomic mass is 32.1. The molecule has 1 aromatic heterocycles. The van der Waals surface area contributed by atoms with E-state index in [0.29, 0.717) is 29.2 Å². The number of ether oxygens (including phenoxy) is 1. The lowest BCUT2D eigenvalue weighted by Gasteiger charge is -2.27. The Morgan fingerprint density at radius 3 is 2.62 bits per heavy atom. The van der Waals surface area contributed by atoms with E-state index in [0.717, 1.165) is 21.8 Å². The molecule has 194 valence electrons. The number of nitrogens with zero attached hydrogens (tertiary/aromatic N) is 3. The van der Waals surface area contributed by atoms with Crippen LogP contribution in [0.3, 0.4) is 0 Å². The van der Waals surface area contributed by atoms with E-state index in [2.05, 4.69) is 16.6 Å². The summed E-state index contributed by atoms with van der Waals surface area (Å²) in [5.41, 5.74) is 9.61. The molecule has 0 saturated carbocycles. The van der Waals surface area contributed by atoms with Crippen molar-refractivity contribution < 1.29 is 13.9 Å². The van der Waals surface area contributed by atoms with Gasteiger partial charge in [0.1, 0.15) is 16.9 Å². The van der Waals surface area contributed by atoms with E-state index in [9.17, 15) is 9.18 Å². The number of aryl methyl sites for hydroxylation is 2. The molecule has 1 aliphatic rings. The lowest BCUT2D eigenvalue weighted by atomic mass is 9.93. The molecule has 0 spiro atoms. The number of alkyl halides is 1. The Morgan fingerprint density at radius 2 is 1.97 bits per heavy atom. The van der Waals surface area contributed by atoms with Gasteiger partial charge in [-0.15, -0.1) is 11.3 Å². The van der Waals surface area contributed by atoms with Gasteiger partial charge in [-0.2, -0.15) is 0 Å². The number of likely N-dealkylation sites (tertiary alicyclic amines) is 1. The molecule has 2 N–H and O–H groups in total. The molecule has 2 aromatic carbocycles. The molecule has 37 heavy (non-hydrogen) atoms. The molecule has 6 nitrogen and oxygen atoms in total. The second kappa shape index (κ2) is 10.9. The van der Waals surface area contributed by atoms with Crippen molar-refractivity contribution >= 4 is 28.9 Å². The number of rotatable bonds is 7. The molecule has 4 rings (SSSR count). The van der Waals surface area contributed by atoms with Crippen LogP contribution in [-0.2, 0) is 11.2 Å². The Labute approximate surface area is 221 Å². The number of amides is 1. The van der Waals surface area contributed by atoms with Crippen LogP contribution in [0.2, 0.25) is 0 Å². The zero-order valence-electron chi connectivity index (χ0n) is 21.7. The standard InChI is InChI=1S/C29H33FN4O2S/c1-18-11-22(20(3)36-28(32-5)29(4,31)15-21-9-7-6-8-10-21)13-23(12-18)27(35)34-16-24(30)14-25(34)26-33-19(2)17-37-26/h6-13,17,24-25H,3,14-16,31H2,1-2,4-5H3/t24-,25+,29?/m0/s1. The molecule has 0 bridgehead atoms. The zero-order chi connectivity index (χ0) is 26.7. The molecule has 0 radical (unpaired) electrons. The summed E-state index contributed by atoms with van der Waals surface area (Å²) < 4.78 is 20.5. The van der Waals surface area contributed by atoms with Crippen LogP contribution in [-0.4, -0.2) is 47.0 Å². The van der Waals surface area contributed by atoms with Crippen LogP contribution in [0.5, 0.6) is 0 Å². The smallest absolute Gasteiger partial charge is 0.254 e. The Morgan fingerprint density at radius 1 is 1.27 bits per heavy atom. The largest absolute Gasteiger partial charge is 0.441 e. The molecule has 1 amide bonds. The number of thiazole rings is 1. The normalized spacial score (nSPS) is 19.5. The summed E-state index contributed by atoms with van der Waals surface area (Å²) in [6.07, 6.45) is -0.307. The minimum absolute atomic E-state index is 0.0422. The van der Waals surface area contributed by atoms with Crippen LogP contribution in [0.4, 0.5) is 4.39 Å². The van der Waals surface area contributed by atoms with Gasteiger partial charge in [0.2, 0.25) is 5.90 Å². The van der Waals surface area contributed by atoms with Crippen molar-refractivity contribution in [2.75, 3.05) is 13.6 Å². The van der Waals surface area contributed by atoms with Crippen LogP contribution in [0.25, 0.3) is 5.76 Å². The SMILES string of the molecule is C=C(OC(=NC)C(C)(N)Cc1ccccc1)c1cc(C)cc(C(=O)N2C[C@@H](F)C[C@@H]2c2nc(C)cs2)c1. The minimum Gasteiger partial charge on any atom is -0.441 e. The van der Waals surface area contributed by atoms with Gasteiger partial charge in [0, 0.05) is 35.7 Å². The van der Waals surface area contributed by atoms with E-state index >= 15 is 0 Å². The average molecular weight is 521 g/mol. The summed E-state index contributed by atoms with van der Waals surface area (Å²) in [6, 6.07) is 14.9. The van der Waals surface area contributed by atoms with Gasteiger partial charge in [-0.25, -0.2) is 9.37 Å². The van der Waals surface area contributed by atoms with Crippen molar-refractivity contribution in [1.82, 2.24) is 9.88 Å². The number of halogens is 1. The van der Waals surface area contributed by atoms with Crippen molar-refractivity contribution in [3.63, 3.8) is 0 Å². The molecule has 3 atom stereocenters. The van der Waals surface area contributed by atoms with E-state index < -0.39 is 11.7 Å². The Kier molecular flexibility index (Phi) is 7.90. The van der Waals surface area contributed by atoms with Gasteiger partial charge in [0.15, 0.2) is 0 Å².